The lowest BCUT2D eigenvalue weighted by Crippen LogP contribution is -2.28. The first kappa shape index (κ1) is 8.02. The second-order valence-corrected chi connectivity index (χ2v) is 3.23. The fourth-order valence-electron chi connectivity index (χ4n) is 1.37. The molecule has 0 radical (unpaired) electrons. The lowest BCUT2D eigenvalue weighted by molar-refractivity contribution is 0.0882. The van der Waals surface area contributed by atoms with Gasteiger partial charge in [-0.15, -0.1) is 0 Å². The molecule has 3 N–H and O–H groups in total. The van der Waals surface area contributed by atoms with Gasteiger partial charge < -0.3 is 10.8 Å². The molecule has 0 spiro atoms. The second-order valence-electron chi connectivity index (χ2n) is 3.23. The Bertz CT molecular complexity index is 97.4. The van der Waals surface area contributed by atoms with Crippen LogP contribution in [0.25, 0.3) is 0 Å². The van der Waals surface area contributed by atoms with Crippen LogP contribution in [0.3, 0.4) is 0 Å². The van der Waals surface area contributed by atoms with Crippen molar-refractivity contribution in [2.24, 2.45) is 17.6 Å². The topological polar surface area (TPSA) is 46.2 Å². The van der Waals surface area contributed by atoms with E-state index < -0.39 is 0 Å². The molecule has 1 aliphatic rings. The van der Waals surface area contributed by atoms with Crippen LogP contribution in [0.15, 0.2) is 0 Å². The summed E-state index contributed by atoms with van der Waals surface area (Å²) in [5.74, 6) is 0.918. The van der Waals surface area contributed by atoms with Gasteiger partial charge >= 0.3 is 0 Å². The normalized spacial score (nSPS) is 24.3. The van der Waals surface area contributed by atoms with Crippen molar-refractivity contribution in [3.63, 3.8) is 0 Å². The van der Waals surface area contributed by atoms with Crippen LogP contribution in [0.1, 0.15) is 26.2 Å². The molecule has 1 saturated carbocycles. The van der Waals surface area contributed by atoms with E-state index in [-0.39, 0.29) is 6.10 Å². The SMILES string of the molecule is CCC(CN)C(O)C1CC1. The molecule has 2 heteroatoms. The van der Waals surface area contributed by atoms with Gasteiger partial charge in [-0.1, -0.05) is 6.92 Å². The summed E-state index contributed by atoms with van der Waals surface area (Å²) in [5.41, 5.74) is 5.49. The zero-order valence-electron chi connectivity index (χ0n) is 6.59. The molecule has 60 valence electrons. The number of nitrogens with two attached hydrogens (primary N) is 1. The molecule has 0 bridgehead atoms. The summed E-state index contributed by atoms with van der Waals surface area (Å²) < 4.78 is 0. The van der Waals surface area contributed by atoms with Crippen molar-refractivity contribution < 1.29 is 5.11 Å². The Morgan fingerprint density at radius 2 is 2.20 bits per heavy atom. The van der Waals surface area contributed by atoms with Crippen LogP contribution in [0.4, 0.5) is 0 Å². The van der Waals surface area contributed by atoms with E-state index in [2.05, 4.69) is 6.92 Å². The summed E-state index contributed by atoms with van der Waals surface area (Å²) >= 11 is 0. The van der Waals surface area contributed by atoms with Gasteiger partial charge in [-0.05, 0) is 37.6 Å². The minimum atomic E-state index is -0.116. The van der Waals surface area contributed by atoms with Crippen LogP contribution in [-0.2, 0) is 0 Å². The number of rotatable bonds is 4. The quantitative estimate of drug-likeness (QED) is 0.609. The van der Waals surface area contributed by atoms with Gasteiger partial charge in [-0.3, -0.25) is 0 Å². The average molecular weight is 143 g/mol. The number of aliphatic hydroxyl groups excluding tert-OH is 1. The smallest absolute Gasteiger partial charge is 0.0608 e. The Balaban J connectivity index is 2.27. The highest BCUT2D eigenvalue weighted by molar-refractivity contribution is 4.85. The Morgan fingerprint density at radius 1 is 1.60 bits per heavy atom. The third kappa shape index (κ3) is 1.70. The first-order valence-corrected chi connectivity index (χ1v) is 4.17. The van der Waals surface area contributed by atoms with E-state index in [4.69, 9.17) is 5.73 Å². The van der Waals surface area contributed by atoms with Crippen LogP contribution in [-0.4, -0.2) is 17.8 Å². The molecule has 10 heavy (non-hydrogen) atoms. The van der Waals surface area contributed by atoms with Gasteiger partial charge in [0.25, 0.3) is 0 Å². The minimum absolute atomic E-state index is 0.116. The van der Waals surface area contributed by atoms with E-state index in [0.717, 1.165) is 6.42 Å². The Kier molecular flexibility index (Phi) is 2.69. The van der Waals surface area contributed by atoms with Crippen molar-refractivity contribution in [1.82, 2.24) is 0 Å². The summed E-state index contributed by atoms with van der Waals surface area (Å²) in [6.45, 7) is 2.72. The highest BCUT2D eigenvalue weighted by atomic mass is 16.3. The van der Waals surface area contributed by atoms with E-state index in [9.17, 15) is 5.11 Å². The maximum atomic E-state index is 9.57. The van der Waals surface area contributed by atoms with E-state index in [0.29, 0.717) is 18.4 Å². The molecule has 0 heterocycles. The lowest BCUT2D eigenvalue weighted by atomic mass is 9.96. The minimum Gasteiger partial charge on any atom is -0.393 e. The third-order valence-electron chi connectivity index (χ3n) is 2.42. The fourth-order valence-corrected chi connectivity index (χ4v) is 1.37. The molecule has 1 fully saturated rings. The Hall–Kier alpha value is -0.0800. The van der Waals surface area contributed by atoms with Crippen LogP contribution in [0.2, 0.25) is 0 Å². The van der Waals surface area contributed by atoms with Crippen molar-refractivity contribution in [1.29, 1.82) is 0 Å². The van der Waals surface area contributed by atoms with Gasteiger partial charge in [0.1, 0.15) is 0 Å². The monoisotopic (exact) mass is 143 g/mol. The maximum absolute atomic E-state index is 9.57. The van der Waals surface area contributed by atoms with Gasteiger partial charge in [-0.25, -0.2) is 0 Å². The van der Waals surface area contributed by atoms with Crippen molar-refractivity contribution in [3.05, 3.63) is 0 Å². The molecule has 0 aromatic carbocycles. The predicted octanol–water partition coefficient (Wildman–Crippen LogP) is 0.742. The van der Waals surface area contributed by atoms with Crippen LogP contribution < -0.4 is 5.73 Å². The largest absolute Gasteiger partial charge is 0.393 e. The highest BCUT2D eigenvalue weighted by Gasteiger charge is 2.33. The number of hydrogen-bond donors (Lipinski definition) is 2. The molecule has 1 aliphatic carbocycles. The summed E-state index contributed by atoms with van der Waals surface area (Å²) in [7, 11) is 0. The maximum Gasteiger partial charge on any atom is 0.0608 e. The summed E-state index contributed by atoms with van der Waals surface area (Å²) in [6.07, 6.45) is 3.30. The molecule has 0 saturated heterocycles. The van der Waals surface area contributed by atoms with Gasteiger partial charge in [0.15, 0.2) is 0 Å². The van der Waals surface area contributed by atoms with Crippen molar-refractivity contribution in [2.45, 2.75) is 32.3 Å². The Morgan fingerprint density at radius 3 is 2.50 bits per heavy atom. The first-order valence-electron chi connectivity index (χ1n) is 4.17. The molecular formula is C8H17NO. The second kappa shape index (κ2) is 3.35. The molecule has 0 aromatic rings. The number of hydrogen-bond acceptors (Lipinski definition) is 2. The number of aliphatic hydroxyl groups is 1. The zero-order valence-corrected chi connectivity index (χ0v) is 6.59. The summed E-state index contributed by atoms with van der Waals surface area (Å²) in [6, 6.07) is 0. The molecular weight excluding hydrogens is 126 g/mol. The molecule has 2 atom stereocenters. The van der Waals surface area contributed by atoms with E-state index in [1.54, 1.807) is 0 Å². The Labute approximate surface area is 62.4 Å². The fraction of sp³-hybridized carbons (Fsp3) is 1.00. The van der Waals surface area contributed by atoms with Gasteiger partial charge in [0.05, 0.1) is 6.10 Å². The zero-order chi connectivity index (χ0) is 7.56. The van der Waals surface area contributed by atoms with Crippen LogP contribution >= 0.6 is 0 Å². The molecule has 2 nitrogen and oxygen atoms in total. The molecule has 0 amide bonds. The molecule has 1 rings (SSSR count). The van der Waals surface area contributed by atoms with E-state index in [1.165, 1.54) is 12.8 Å². The lowest BCUT2D eigenvalue weighted by Gasteiger charge is -2.18. The average Bonchev–Trinajstić information content (AvgIpc) is 2.71. The van der Waals surface area contributed by atoms with E-state index >= 15 is 0 Å². The molecule has 0 aromatic heterocycles. The summed E-state index contributed by atoms with van der Waals surface area (Å²) in [4.78, 5) is 0. The highest BCUT2D eigenvalue weighted by Crippen LogP contribution is 2.36. The van der Waals surface area contributed by atoms with E-state index in [1.807, 2.05) is 0 Å². The predicted molar refractivity (Wildman–Crippen MR) is 41.6 cm³/mol. The van der Waals surface area contributed by atoms with Gasteiger partial charge in [0.2, 0.25) is 0 Å². The van der Waals surface area contributed by atoms with Crippen molar-refractivity contribution in [3.8, 4) is 0 Å². The van der Waals surface area contributed by atoms with Crippen LogP contribution in [0.5, 0.6) is 0 Å². The molecule has 0 aliphatic heterocycles. The first-order chi connectivity index (χ1) is 4.79. The standard InChI is InChI=1S/C8H17NO/c1-2-6(5-9)8(10)7-3-4-7/h6-8,10H,2-5,9H2,1H3. The van der Waals surface area contributed by atoms with Gasteiger partial charge in [-0.2, -0.15) is 0 Å². The summed E-state index contributed by atoms with van der Waals surface area (Å²) in [5, 5.41) is 9.57. The van der Waals surface area contributed by atoms with Crippen molar-refractivity contribution >= 4 is 0 Å². The van der Waals surface area contributed by atoms with Gasteiger partial charge in [0, 0.05) is 0 Å². The molecule has 2 unspecified atom stereocenters. The third-order valence-corrected chi connectivity index (χ3v) is 2.42. The van der Waals surface area contributed by atoms with Crippen LogP contribution in [0, 0.1) is 11.8 Å². The van der Waals surface area contributed by atoms with Crippen molar-refractivity contribution in [2.75, 3.05) is 6.54 Å².